The molecule has 3 rings (SSSR count). The van der Waals surface area contributed by atoms with E-state index in [0.29, 0.717) is 12.1 Å². The van der Waals surface area contributed by atoms with Gasteiger partial charge in [0.2, 0.25) is 0 Å². The minimum atomic E-state index is 0.184. The second kappa shape index (κ2) is 7.88. The van der Waals surface area contributed by atoms with Crippen molar-refractivity contribution in [2.75, 3.05) is 26.7 Å². The maximum atomic E-state index is 5.98. The molecule has 1 fully saturated rings. The molecule has 24 heavy (non-hydrogen) atoms. The molecule has 5 heteroatoms. The Balaban J connectivity index is 1.42. The molecule has 0 aliphatic carbocycles. The van der Waals surface area contributed by atoms with Gasteiger partial charge in [-0.3, -0.25) is 4.99 Å². The molecule has 2 N–H and O–H groups in total. The first-order chi connectivity index (χ1) is 11.7. The van der Waals surface area contributed by atoms with Crippen LogP contribution in [0.4, 0.5) is 0 Å². The zero-order valence-electron chi connectivity index (χ0n) is 15.1. The van der Waals surface area contributed by atoms with E-state index in [1.807, 2.05) is 19.2 Å². The van der Waals surface area contributed by atoms with E-state index in [-0.39, 0.29) is 6.10 Å². The van der Waals surface area contributed by atoms with Gasteiger partial charge in [0.1, 0.15) is 11.9 Å². The summed E-state index contributed by atoms with van der Waals surface area (Å²) < 4.78 is 5.98. The van der Waals surface area contributed by atoms with Crippen molar-refractivity contribution in [3.63, 3.8) is 0 Å². The Morgan fingerprint density at radius 1 is 1.29 bits per heavy atom. The molecular formula is C19H30N4O. The maximum Gasteiger partial charge on any atom is 0.191 e. The van der Waals surface area contributed by atoms with E-state index in [2.05, 4.69) is 46.5 Å². The van der Waals surface area contributed by atoms with Crippen molar-refractivity contribution in [1.82, 2.24) is 15.5 Å². The summed E-state index contributed by atoms with van der Waals surface area (Å²) in [5.41, 5.74) is 1.30. The average molecular weight is 330 g/mol. The van der Waals surface area contributed by atoms with E-state index in [4.69, 9.17) is 4.74 Å². The van der Waals surface area contributed by atoms with Crippen LogP contribution in [0.5, 0.6) is 5.75 Å². The Kier molecular flexibility index (Phi) is 5.61. The third-order valence-corrected chi connectivity index (χ3v) is 5.04. The Labute approximate surface area is 145 Å². The van der Waals surface area contributed by atoms with Crippen molar-refractivity contribution in [3.8, 4) is 5.75 Å². The first-order valence-electron chi connectivity index (χ1n) is 9.11. The first kappa shape index (κ1) is 17.1. The van der Waals surface area contributed by atoms with Crippen LogP contribution in [0, 0.1) is 0 Å². The zero-order valence-corrected chi connectivity index (χ0v) is 15.1. The predicted octanol–water partition coefficient (Wildman–Crippen LogP) is 2.03. The summed E-state index contributed by atoms with van der Waals surface area (Å²) in [7, 11) is 1.84. The summed E-state index contributed by atoms with van der Waals surface area (Å²) in [6.45, 7) is 7.64. The summed E-state index contributed by atoms with van der Waals surface area (Å²) in [4.78, 5) is 6.91. The lowest BCUT2D eigenvalue weighted by molar-refractivity contribution is 0.167. The quantitative estimate of drug-likeness (QED) is 0.655. The topological polar surface area (TPSA) is 48.9 Å². The van der Waals surface area contributed by atoms with Gasteiger partial charge in [-0.2, -0.15) is 0 Å². The Morgan fingerprint density at radius 3 is 2.71 bits per heavy atom. The van der Waals surface area contributed by atoms with Crippen molar-refractivity contribution < 1.29 is 4.74 Å². The highest BCUT2D eigenvalue weighted by molar-refractivity contribution is 5.80. The number of piperidine rings is 1. The van der Waals surface area contributed by atoms with E-state index in [1.54, 1.807) is 0 Å². The smallest absolute Gasteiger partial charge is 0.191 e. The van der Waals surface area contributed by atoms with Crippen LogP contribution in [-0.4, -0.2) is 55.7 Å². The Bertz CT molecular complexity index is 539. The molecule has 5 nitrogen and oxygen atoms in total. The summed E-state index contributed by atoms with van der Waals surface area (Å²) >= 11 is 0. The number of hydrogen-bond acceptors (Lipinski definition) is 3. The predicted molar refractivity (Wildman–Crippen MR) is 98.8 cm³/mol. The van der Waals surface area contributed by atoms with Gasteiger partial charge in [0, 0.05) is 38.6 Å². The molecule has 2 heterocycles. The number of likely N-dealkylation sites (tertiary alicyclic amines) is 1. The molecule has 1 unspecified atom stereocenters. The lowest BCUT2D eigenvalue weighted by Crippen LogP contribution is -2.51. The summed E-state index contributed by atoms with van der Waals surface area (Å²) in [5.74, 6) is 1.91. The number of benzene rings is 1. The molecule has 0 saturated carbocycles. The molecule has 0 amide bonds. The fourth-order valence-electron chi connectivity index (χ4n) is 3.53. The molecule has 0 spiro atoms. The van der Waals surface area contributed by atoms with Crippen LogP contribution in [-0.2, 0) is 6.42 Å². The van der Waals surface area contributed by atoms with Crippen molar-refractivity contribution in [2.24, 2.45) is 4.99 Å². The summed E-state index contributed by atoms with van der Waals surface area (Å²) in [5, 5.41) is 6.99. The number of nitrogens with one attached hydrogen (secondary N) is 2. The zero-order chi connectivity index (χ0) is 16.9. The third kappa shape index (κ3) is 4.20. The van der Waals surface area contributed by atoms with Gasteiger partial charge in [0.25, 0.3) is 0 Å². The van der Waals surface area contributed by atoms with Gasteiger partial charge in [-0.1, -0.05) is 18.2 Å². The average Bonchev–Trinajstić information content (AvgIpc) is 3.02. The standard InChI is InChI=1S/C19H30N4O/c1-14(2)23-10-8-16(9-11-23)22-19(20-3)21-13-17-12-15-6-4-5-7-18(15)24-17/h4-7,14,16-17H,8-13H2,1-3H3,(H2,20,21,22). The van der Waals surface area contributed by atoms with Gasteiger partial charge in [-0.25, -0.2) is 0 Å². The van der Waals surface area contributed by atoms with Crippen molar-refractivity contribution in [3.05, 3.63) is 29.8 Å². The molecule has 0 aromatic heterocycles. The Hall–Kier alpha value is -1.75. The number of para-hydroxylation sites is 1. The number of hydrogen-bond donors (Lipinski definition) is 2. The molecule has 1 aromatic carbocycles. The Morgan fingerprint density at radius 2 is 2.04 bits per heavy atom. The monoisotopic (exact) mass is 330 g/mol. The SMILES string of the molecule is CN=C(NCC1Cc2ccccc2O1)NC1CCN(C(C)C)CC1. The van der Waals surface area contributed by atoms with Crippen LogP contribution in [0.25, 0.3) is 0 Å². The summed E-state index contributed by atoms with van der Waals surface area (Å²) in [6.07, 6.45) is 3.49. The molecular weight excluding hydrogens is 300 g/mol. The molecule has 132 valence electrons. The van der Waals surface area contributed by atoms with Crippen molar-refractivity contribution in [1.29, 1.82) is 0 Å². The normalized spacial score (nSPS) is 22.3. The second-order valence-corrected chi connectivity index (χ2v) is 7.05. The number of nitrogens with zero attached hydrogens (tertiary/aromatic N) is 2. The van der Waals surface area contributed by atoms with Crippen molar-refractivity contribution >= 4 is 5.96 Å². The van der Waals surface area contributed by atoms with E-state index in [0.717, 1.165) is 37.8 Å². The molecule has 1 saturated heterocycles. The number of ether oxygens (including phenoxy) is 1. The lowest BCUT2D eigenvalue weighted by Gasteiger charge is -2.35. The van der Waals surface area contributed by atoms with Crippen LogP contribution in [0.1, 0.15) is 32.3 Å². The van der Waals surface area contributed by atoms with Gasteiger partial charge in [-0.15, -0.1) is 0 Å². The van der Waals surface area contributed by atoms with E-state index >= 15 is 0 Å². The van der Waals surface area contributed by atoms with E-state index in [9.17, 15) is 0 Å². The molecule has 1 aromatic rings. The van der Waals surface area contributed by atoms with Crippen LogP contribution < -0.4 is 15.4 Å². The molecule has 2 aliphatic rings. The highest BCUT2D eigenvalue weighted by Crippen LogP contribution is 2.27. The van der Waals surface area contributed by atoms with E-state index in [1.165, 1.54) is 18.4 Å². The third-order valence-electron chi connectivity index (χ3n) is 5.04. The van der Waals surface area contributed by atoms with Crippen LogP contribution in [0.3, 0.4) is 0 Å². The minimum absolute atomic E-state index is 0.184. The molecule has 0 bridgehead atoms. The van der Waals surface area contributed by atoms with Crippen LogP contribution in [0.15, 0.2) is 29.3 Å². The van der Waals surface area contributed by atoms with Gasteiger partial charge < -0.3 is 20.3 Å². The van der Waals surface area contributed by atoms with Gasteiger partial charge in [-0.05, 0) is 38.3 Å². The van der Waals surface area contributed by atoms with Gasteiger partial charge >= 0.3 is 0 Å². The van der Waals surface area contributed by atoms with Gasteiger partial charge in [0.15, 0.2) is 5.96 Å². The highest BCUT2D eigenvalue weighted by atomic mass is 16.5. The lowest BCUT2D eigenvalue weighted by atomic mass is 10.0. The van der Waals surface area contributed by atoms with Crippen molar-refractivity contribution in [2.45, 2.75) is 51.3 Å². The molecule has 2 aliphatic heterocycles. The maximum absolute atomic E-state index is 5.98. The number of fused-ring (bicyclic) bond motifs is 1. The van der Waals surface area contributed by atoms with Crippen LogP contribution >= 0.6 is 0 Å². The molecule has 1 atom stereocenters. The number of rotatable bonds is 4. The fourth-order valence-corrected chi connectivity index (χ4v) is 3.53. The second-order valence-electron chi connectivity index (χ2n) is 7.05. The fraction of sp³-hybridized carbons (Fsp3) is 0.632. The largest absolute Gasteiger partial charge is 0.488 e. The number of guanidine groups is 1. The van der Waals surface area contributed by atoms with E-state index < -0.39 is 0 Å². The highest BCUT2D eigenvalue weighted by Gasteiger charge is 2.24. The summed E-state index contributed by atoms with van der Waals surface area (Å²) in [6, 6.07) is 9.44. The van der Waals surface area contributed by atoms with Crippen LogP contribution in [0.2, 0.25) is 0 Å². The number of aliphatic imine (C=N–C) groups is 1. The molecule has 0 radical (unpaired) electrons. The minimum Gasteiger partial charge on any atom is -0.488 e. The van der Waals surface area contributed by atoms with Gasteiger partial charge in [0.05, 0.1) is 6.54 Å². The first-order valence-corrected chi connectivity index (χ1v) is 9.11.